The maximum atomic E-state index is 5.55. The molecule has 0 bridgehead atoms. The molecule has 0 amide bonds. The molecular weight excluding hydrogens is 697 g/mol. The van der Waals surface area contributed by atoms with Gasteiger partial charge in [-0.3, -0.25) is 9.13 Å². The lowest BCUT2D eigenvalue weighted by molar-refractivity contribution is 0.892. The number of benzene rings is 8. The SMILES string of the molecule is c1ccc(-c2cccc(-n3c4ccccc4c4ccccc43)c2-c2nc(-n3c4ccccc4c4ccccc43)nc(-n3c4ccccc4c4ccccc43)n2)cc1. The highest BCUT2D eigenvalue weighted by molar-refractivity contribution is 6.11. The fraction of sp³-hybridized carbons (Fsp3) is 0. The van der Waals surface area contributed by atoms with Gasteiger partial charge in [-0.2, -0.15) is 15.0 Å². The van der Waals surface area contributed by atoms with Crippen molar-refractivity contribution in [3.05, 3.63) is 194 Å². The number of aromatic nitrogens is 6. The van der Waals surface area contributed by atoms with Crippen LogP contribution in [0.25, 0.3) is 106 Å². The lowest BCUT2D eigenvalue weighted by Gasteiger charge is -2.19. The fourth-order valence-electron chi connectivity index (χ4n) is 8.94. The molecule has 12 aromatic rings. The molecule has 0 fully saturated rings. The third-order valence-corrected chi connectivity index (χ3v) is 11.3. The summed E-state index contributed by atoms with van der Waals surface area (Å²) in [7, 11) is 0. The monoisotopic (exact) mass is 728 g/mol. The average molecular weight is 729 g/mol. The molecule has 0 radical (unpaired) electrons. The van der Waals surface area contributed by atoms with Crippen LogP contribution in [-0.4, -0.2) is 28.7 Å². The van der Waals surface area contributed by atoms with Gasteiger partial charge in [0.2, 0.25) is 11.9 Å². The lowest BCUT2D eigenvalue weighted by atomic mass is 9.97. The van der Waals surface area contributed by atoms with Crippen LogP contribution in [0.2, 0.25) is 0 Å². The molecule has 0 saturated carbocycles. The van der Waals surface area contributed by atoms with Gasteiger partial charge in [0, 0.05) is 32.3 Å². The van der Waals surface area contributed by atoms with Crippen molar-refractivity contribution in [2.75, 3.05) is 0 Å². The molecule has 0 aliphatic heterocycles. The molecule has 8 aromatic carbocycles. The van der Waals surface area contributed by atoms with Gasteiger partial charge in [0.25, 0.3) is 0 Å². The first kappa shape index (κ1) is 31.5. The van der Waals surface area contributed by atoms with Gasteiger partial charge in [0.1, 0.15) is 0 Å². The Morgan fingerprint density at radius 3 is 1.04 bits per heavy atom. The molecule has 4 aromatic heterocycles. The van der Waals surface area contributed by atoms with E-state index in [1.807, 2.05) is 0 Å². The standard InChI is InChI=1S/C51H32N6/c1-2-17-33(18-3-1)34-25-16-32-47(55-41-26-10-4-19-35(41)36-20-5-11-27-42(36)55)48(34)49-52-50(56-43-28-12-6-21-37(43)38-22-7-13-29-44(38)56)54-51(53-49)57-45-30-14-8-23-39(45)40-24-9-15-31-46(40)57/h1-32H. The smallest absolute Gasteiger partial charge is 0.240 e. The highest BCUT2D eigenvalue weighted by Crippen LogP contribution is 2.41. The molecule has 57 heavy (non-hydrogen) atoms. The summed E-state index contributed by atoms with van der Waals surface area (Å²) < 4.78 is 6.76. The predicted molar refractivity (Wildman–Crippen MR) is 234 cm³/mol. The van der Waals surface area contributed by atoms with Gasteiger partial charge in [0.15, 0.2) is 5.82 Å². The van der Waals surface area contributed by atoms with Crippen LogP contribution in [-0.2, 0) is 0 Å². The summed E-state index contributed by atoms with van der Waals surface area (Å²) in [6.07, 6.45) is 0. The Hall–Kier alpha value is -7.83. The summed E-state index contributed by atoms with van der Waals surface area (Å²) in [5.74, 6) is 1.67. The summed E-state index contributed by atoms with van der Waals surface area (Å²) in [4.78, 5) is 16.5. The number of fused-ring (bicyclic) bond motifs is 9. The van der Waals surface area contributed by atoms with Crippen molar-refractivity contribution in [1.82, 2.24) is 28.7 Å². The van der Waals surface area contributed by atoms with Crippen molar-refractivity contribution in [2.45, 2.75) is 0 Å². The second-order valence-corrected chi connectivity index (χ2v) is 14.4. The zero-order valence-corrected chi connectivity index (χ0v) is 30.7. The van der Waals surface area contributed by atoms with Crippen molar-refractivity contribution >= 4 is 65.4 Å². The van der Waals surface area contributed by atoms with E-state index in [-0.39, 0.29) is 0 Å². The Labute approximate surface area is 327 Å². The van der Waals surface area contributed by atoms with Crippen LogP contribution in [0.3, 0.4) is 0 Å². The molecule has 6 heteroatoms. The quantitative estimate of drug-likeness (QED) is 0.177. The van der Waals surface area contributed by atoms with Gasteiger partial charge in [-0.1, -0.05) is 152 Å². The number of hydrogen-bond acceptors (Lipinski definition) is 3. The molecule has 0 aliphatic rings. The van der Waals surface area contributed by atoms with Crippen molar-refractivity contribution < 1.29 is 0 Å². The summed E-state index contributed by atoms with van der Waals surface area (Å²) in [6, 6.07) is 68.4. The molecule has 266 valence electrons. The molecule has 0 atom stereocenters. The van der Waals surface area contributed by atoms with Gasteiger partial charge >= 0.3 is 0 Å². The van der Waals surface area contributed by atoms with Crippen LogP contribution < -0.4 is 0 Å². The Bertz CT molecular complexity index is 3240. The number of nitrogens with zero attached hydrogens (tertiary/aromatic N) is 6. The Balaban J connectivity index is 1.26. The van der Waals surface area contributed by atoms with E-state index in [9.17, 15) is 0 Å². The summed E-state index contributed by atoms with van der Waals surface area (Å²) in [5.41, 5.74) is 10.4. The van der Waals surface area contributed by atoms with E-state index in [1.165, 1.54) is 10.8 Å². The average Bonchev–Trinajstić information content (AvgIpc) is 3.92. The van der Waals surface area contributed by atoms with Crippen LogP contribution >= 0.6 is 0 Å². The molecule has 0 aliphatic carbocycles. The van der Waals surface area contributed by atoms with E-state index in [0.29, 0.717) is 17.7 Å². The van der Waals surface area contributed by atoms with E-state index in [0.717, 1.165) is 77.0 Å². The summed E-state index contributed by atoms with van der Waals surface area (Å²) >= 11 is 0. The minimum absolute atomic E-state index is 0.547. The van der Waals surface area contributed by atoms with E-state index in [2.05, 4.69) is 208 Å². The molecule has 0 spiro atoms. The van der Waals surface area contributed by atoms with Gasteiger partial charge in [-0.25, -0.2) is 0 Å². The molecule has 4 heterocycles. The number of para-hydroxylation sites is 6. The minimum Gasteiger partial charge on any atom is -0.308 e. The van der Waals surface area contributed by atoms with E-state index >= 15 is 0 Å². The number of hydrogen-bond donors (Lipinski definition) is 0. The first-order chi connectivity index (χ1) is 28.3. The first-order valence-electron chi connectivity index (χ1n) is 19.2. The zero-order valence-electron chi connectivity index (χ0n) is 30.7. The maximum Gasteiger partial charge on any atom is 0.240 e. The molecule has 0 N–H and O–H groups in total. The van der Waals surface area contributed by atoms with Crippen molar-refractivity contribution in [3.8, 4) is 40.1 Å². The van der Waals surface area contributed by atoms with Crippen LogP contribution in [0.5, 0.6) is 0 Å². The molecule has 6 nitrogen and oxygen atoms in total. The molecule has 12 rings (SSSR count). The predicted octanol–water partition coefficient (Wildman–Crippen LogP) is 12.5. The van der Waals surface area contributed by atoms with Gasteiger partial charge in [-0.15, -0.1) is 0 Å². The van der Waals surface area contributed by atoms with E-state index < -0.39 is 0 Å². The second-order valence-electron chi connectivity index (χ2n) is 14.4. The van der Waals surface area contributed by atoms with Crippen molar-refractivity contribution in [2.24, 2.45) is 0 Å². The zero-order chi connectivity index (χ0) is 37.5. The minimum atomic E-state index is 0.547. The highest BCUT2D eigenvalue weighted by Gasteiger charge is 2.25. The molecular formula is C51H32N6. The van der Waals surface area contributed by atoms with Crippen LogP contribution in [0.15, 0.2) is 194 Å². The molecule has 0 saturated heterocycles. The van der Waals surface area contributed by atoms with Gasteiger partial charge in [0.05, 0.1) is 44.4 Å². The van der Waals surface area contributed by atoms with Gasteiger partial charge < -0.3 is 4.57 Å². The summed E-state index contributed by atoms with van der Waals surface area (Å²) in [6.45, 7) is 0. The lowest BCUT2D eigenvalue weighted by Crippen LogP contribution is -2.11. The second kappa shape index (κ2) is 12.3. The maximum absolute atomic E-state index is 5.55. The van der Waals surface area contributed by atoms with Crippen LogP contribution in [0.1, 0.15) is 0 Å². The largest absolute Gasteiger partial charge is 0.308 e. The Morgan fingerprint density at radius 1 is 0.281 bits per heavy atom. The van der Waals surface area contributed by atoms with Crippen LogP contribution in [0.4, 0.5) is 0 Å². The van der Waals surface area contributed by atoms with Crippen molar-refractivity contribution in [3.63, 3.8) is 0 Å². The Kier molecular flexibility index (Phi) is 6.83. The Morgan fingerprint density at radius 2 is 0.632 bits per heavy atom. The number of rotatable bonds is 5. The van der Waals surface area contributed by atoms with Gasteiger partial charge in [-0.05, 0) is 53.6 Å². The highest BCUT2D eigenvalue weighted by atomic mass is 15.3. The molecule has 0 unspecified atom stereocenters. The normalized spacial score (nSPS) is 11.9. The van der Waals surface area contributed by atoms with Crippen LogP contribution in [0, 0.1) is 0 Å². The topological polar surface area (TPSA) is 53.5 Å². The fourth-order valence-corrected chi connectivity index (χ4v) is 8.94. The van der Waals surface area contributed by atoms with Crippen molar-refractivity contribution in [1.29, 1.82) is 0 Å². The summed E-state index contributed by atoms with van der Waals surface area (Å²) in [5, 5.41) is 6.95. The first-order valence-corrected chi connectivity index (χ1v) is 19.2. The third kappa shape index (κ3) is 4.68. The van der Waals surface area contributed by atoms with E-state index in [4.69, 9.17) is 15.0 Å². The van der Waals surface area contributed by atoms with E-state index in [1.54, 1.807) is 0 Å². The third-order valence-electron chi connectivity index (χ3n) is 11.3.